The van der Waals surface area contributed by atoms with Gasteiger partial charge in [-0.25, -0.2) is 4.79 Å². The monoisotopic (exact) mass is 249 g/mol. The normalized spacial score (nSPS) is 12.8. The van der Waals surface area contributed by atoms with E-state index in [2.05, 4.69) is 5.32 Å². The summed E-state index contributed by atoms with van der Waals surface area (Å²) in [5, 5.41) is 3.32. The number of nitrogens with one attached hydrogen (secondary N) is 1. The Morgan fingerprint density at radius 3 is 3.00 bits per heavy atom. The van der Waals surface area contributed by atoms with Gasteiger partial charge in [0.05, 0.1) is 5.52 Å². The Balaban J connectivity index is 2.06. The zero-order valence-corrected chi connectivity index (χ0v) is 10.8. The fourth-order valence-corrected chi connectivity index (χ4v) is 1.89. The van der Waals surface area contributed by atoms with Gasteiger partial charge in [0.2, 0.25) is 0 Å². The summed E-state index contributed by atoms with van der Waals surface area (Å²) >= 11 is 0. The second-order valence-electron chi connectivity index (χ2n) is 4.66. The number of hydrogen-bond donors (Lipinski definition) is 2. The quantitative estimate of drug-likeness (QED) is 0.791. The van der Waals surface area contributed by atoms with Gasteiger partial charge in [0.15, 0.2) is 5.58 Å². The van der Waals surface area contributed by atoms with Crippen LogP contribution in [0.25, 0.3) is 11.1 Å². The highest BCUT2D eigenvalue weighted by Crippen LogP contribution is 2.17. The summed E-state index contributed by atoms with van der Waals surface area (Å²) in [5.41, 5.74) is 8.10. The fraction of sp³-hybridized carbons (Fsp3) is 0.462. The molecular formula is C13H19N3O2. The highest BCUT2D eigenvalue weighted by Gasteiger charge is 2.05. The van der Waals surface area contributed by atoms with Crippen molar-refractivity contribution in [2.24, 2.45) is 12.8 Å². The fourth-order valence-electron chi connectivity index (χ4n) is 1.89. The maximum atomic E-state index is 11.3. The van der Waals surface area contributed by atoms with E-state index in [0.717, 1.165) is 30.6 Å². The van der Waals surface area contributed by atoms with Gasteiger partial charge in [-0.15, -0.1) is 0 Å². The summed E-state index contributed by atoms with van der Waals surface area (Å²) in [7, 11) is 1.70. The number of benzene rings is 1. The minimum Gasteiger partial charge on any atom is -0.408 e. The number of hydrogen-bond acceptors (Lipinski definition) is 4. The molecule has 1 atom stereocenters. The van der Waals surface area contributed by atoms with Crippen LogP contribution in [0.4, 0.5) is 5.69 Å². The summed E-state index contributed by atoms with van der Waals surface area (Å²) in [6.07, 6.45) is 2.03. The number of anilines is 1. The van der Waals surface area contributed by atoms with Crippen LogP contribution in [0.5, 0.6) is 0 Å². The molecule has 1 heterocycles. The lowest BCUT2D eigenvalue weighted by molar-refractivity contribution is 0.528. The standard InChI is InChI=1S/C13H19N3O2/c1-9(14)4-3-7-15-10-5-6-12-11(8-10)16(2)13(17)18-12/h5-6,8-9,15H,3-4,7,14H2,1-2H3. The number of fused-ring (bicyclic) bond motifs is 1. The molecule has 3 N–H and O–H groups in total. The Kier molecular flexibility index (Phi) is 3.72. The van der Waals surface area contributed by atoms with Crippen molar-refractivity contribution in [3.8, 4) is 0 Å². The van der Waals surface area contributed by atoms with E-state index in [1.54, 1.807) is 7.05 Å². The number of oxazole rings is 1. The number of aryl methyl sites for hydroxylation is 1. The number of aromatic nitrogens is 1. The van der Waals surface area contributed by atoms with Crippen LogP contribution >= 0.6 is 0 Å². The molecule has 1 aromatic heterocycles. The molecular weight excluding hydrogens is 230 g/mol. The van der Waals surface area contributed by atoms with E-state index >= 15 is 0 Å². The van der Waals surface area contributed by atoms with Crippen LogP contribution in [0.3, 0.4) is 0 Å². The molecule has 5 heteroatoms. The van der Waals surface area contributed by atoms with Gasteiger partial charge < -0.3 is 15.5 Å². The van der Waals surface area contributed by atoms with E-state index in [4.69, 9.17) is 10.2 Å². The maximum absolute atomic E-state index is 11.3. The third-order valence-corrected chi connectivity index (χ3v) is 2.96. The lowest BCUT2D eigenvalue weighted by atomic mass is 10.2. The predicted octanol–water partition coefficient (Wildman–Crippen LogP) is 1.67. The molecule has 0 radical (unpaired) electrons. The molecule has 18 heavy (non-hydrogen) atoms. The average molecular weight is 249 g/mol. The van der Waals surface area contributed by atoms with E-state index in [1.807, 2.05) is 25.1 Å². The number of rotatable bonds is 5. The van der Waals surface area contributed by atoms with Crippen molar-refractivity contribution < 1.29 is 4.42 Å². The minimum absolute atomic E-state index is 0.240. The Hall–Kier alpha value is -1.75. The van der Waals surface area contributed by atoms with Crippen LogP contribution in [0.1, 0.15) is 19.8 Å². The summed E-state index contributed by atoms with van der Waals surface area (Å²) in [6.45, 7) is 2.88. The van der Waals surface area contributed by atoms with Gasteiger partial charge in [-0.05, 0) is 38.0 Å². The van der Waals surface area contributed by atoms with E-state index in [1.165, 1.54) is 4.57 Å². The summed E-state index contributed by atoms with van der Waals surface area (Å²) in [4.78, 5) is 11.3. The van der Waals surface area contributed by atoms with Gasteiger partial charge >= 0.3 is 5.76 Å². The zero-order chi connectivity index (χ0) is 13.1. The molecule has 1 unspecified atom stereocenters. The molecule has 0 saturated carbocycles. The Morgan fingerprint density at radius 1 is 1.50 bits per heavy atom. The van der Waals surface area contributed by atoms with Crippen molar-refractivity contribution in [3.05, 3.63) is 28.7 Å². The molecule has 0 aliphatic rings. The zero-order valence-electron chi connectivity index (χ0n) is 10.8. The van der Waals surface area contributed by atoms with Crippen LogP contribution in [0, 0.1) is 0 Å². The number of nitrogens with zero attached hydrogens (tertiary/aromatic N) is 1. The maximum Gasteiger partial charge on any atom is 0.419 e. The third-order valence-electron chi connectivity index (χ3n) is 2.96. The molecule has 2 rings (SSSR count). The van der Waals surface area contributed by atoms with Crippen LogP contribution < -0.4 is 16.8 Å². The summed E-state index contributed by atoms with van der Waals surface area (Å²) in [6, 6.07) is 5.89. The second kappa shape index (κ2) is 5.27. The summed E-state index contributed by atoms with van der Waals surface area (Å²) in [5.74, 6) is -0.334. The van der Waals surface area contributed by atoms with E-state index < -0.39 is 0 Å². The van der Waals surface area contributed by atoms with Gasteiger partial charge in [0, 0.05) is 25.3 Å². The van der Waals surface area contributed by atoms with Crippen LogP contribution in [0.15, 0.2) is 27.4 Å². The first-order valence-electron chi connectivity index (χ1n) is 6.17. The van der Waals surface area contributed by atoms with Crippen molar-refractivity contribution >= 4 is 16.8 Å². The van der Waals surface area contributed by atoms with Gasteiger partial charge in [0.25, 0.3) is 0 Å². The van der Waals surface area contributed by atoms with Crippen LogP contribution in [-0.4, -0.2) is 17.2 Å². The third kappa shape index (κ3) is 2.73. The summed E-state index contributed by atoms with van der Waals surface area (Å²) < 4.78 is 6.58. The molecule has 0 saturated heterocycles. The van der Waals surface area contributed by atoms with Crippen molar-refractivity contribution in [2.75, 3.05) is 11.9 Å². The highest BCUT2D eigenvalue weighted by molar-refractivity contribution is 5.77. The molecule has 0 aliphatic heterocycles. The molecule has 0 fully saturated rings. The smallest absolute Gasteiger partial charge is 0.408 e. The van der Waals surface area contributed by atoms with E-state index in [9.17, 15) is 4.79 Å². The largest absolute Gasteiger partial charge is 0.419 e. The molecule has 0 amide bonds. The lowest BCUT2D eigenvalue weighted by Gasteiger charge is -2.08. The van der Waals surface area contributed by atoms with Gasteiger partial charge in [-0.1, -0.05) is 0 Å². The number of nitrogens with two attached hydrogens (primary N) is 1. The SMILES string of the molecule is CC(N)CCCNc1ccc2oc(=O)n(C)c2c1. The Bertz CT molecular complexity index is 583. The Morgan fingerprint density at radius 2 is 2.28 bits per heavy atom. The van der Waals surface area contributed by atoms with Crippen molar-refractivity contribution in [3.63, 3.8) is 0 Å². The van der Waals surface area contributed by atoms with Gasteiger partial charge in [-0.3, -0.25) is 4.57 Å². The molecule has 0 spiro atoms. The first-order chi connectivity index (χ1) is 8.58. The molecule has 98 valence electrons. The minimum atomic E-state index is -0.334. The Labute approximate surface area is 106 Å². The van der Waals surface area contributed by atoms with Crippen LogP contribution in [-0.2, 0) is 7.05 Å². The molecule has 0 aliphatic carbocycles. The highest BCUT2D eigenvalue weighted by atomic mass is 16.4. The van der Waals surface area contributed by atoms with Crippen molar-refractivity contribution in [1.82, 2.24) is 4.57 Å². The van der Waals surface area contributed by atoms with Crippen molar-refractivity contribution in [1.29, 1.82) is 0 Å². The van der Waals surface area contributed by atoms with Gasteiger partial charge in [0.1, 0.15) is 0 Å². The second-order valence-corrected chi connectivity index (χ2v) is 4.66. The lowest BCUT2D eigenvalue weighted by Crippen LogP contribution is -2.16. The van der Waals surface area contributed by atoms with Gasteiger partial charge in [-0.2, -0.15) is 0 Å². The molecule has 5 nitrogen and oxygen atoms in total. The molecule has 0 bridgehead atoms. The topological polar surface area (TPSA) is 73.2 Å². The van der Waals surface area contributed by atoms with E-state index in [0.29, 0.717) is 5.58 Å². The molecule has 1 aromatic carbocycles. The first-order valence-corrected chi connectivity index (χ1v) is 6.17. The first kappa shape index (κ1) is 12.7. The van der Waals surface area contributed by atoms with Crippen LogP contribution in [0.2, 0.25) is 0 Å². The van der Waals surface area contributed by atoms with Crippen molar-refractivity contribution in [2.45, 2.75) is 25.8 Å². The molecule has 2 aromatic rings. The average Bonchev–Trinajstić information content (AvgIpc) is 2.61. The predicted molar refractivity (Wildman–Crippen MR) is 72.8 cm³/mol. The van der Waals surface area contributed by atoms with E-state index in [-0.39, 0.29) is 11.8 Å².